The van der Waals surface area contributed by atoms with Crippen molar-refractivity contribution in [2.24, 2.45) is 0 Å². The summed E-state index contributed by atoms with van der Waals surface area (Å²) < 4.78 is 0. The van der Waals surface area contributed by atoms with Crippen LogP contribution in [0.25, 0.3) is 0 Å². The topological polar surface area (TPSA) is 58.2 Å². The first-order valence-electron chi connectivity index (χ1n) is 7.87. The van der Waals surface area contributed by atoms with Crippen LogP contribution < -0.4 is 10.6 Å². The molecule has 2 N–H and O–H groups in total. The van der Waals surface area contributed by atoms with Gasteiger partial charge in [0, 0.05) is 17.3 Å². The third-order valence-electron chi connectivity index (χ3n) is 3.93. The van der Waals surface area contributed by atoms with Crippen LogP contribution >= 0.6 is 0 Å². The second-order valence-electron chi connectivity index (χ2n) is 5.98. The maximum absolute atomic E-state index is 12.2. The van der Waals surface area contributed by atoms with E-state index in [0.717, 1.165) is 24.0 Å². The molecular weight excluding hydrogens is 288 g/mol. The smallest absolute Gasteiger partial charge is 0.251 e. The molecule has 0 aliphatic heterocycles. The summed E-state index contributed by atoms with van der Waals surface area (Å²) in [5, 5.41) is 5.81. The number of anilines is 1. The number of benzene rings is 2. The average molecular weight is 308 g/mol. The fourth-order valence-corrected chi connectivity index (χ4v) is 2.42. The van der Waals surface area contributed by atoms with Crippen LogP contribution in [0, 0.1) is 6.92 Å². The van der Waals surface area contributed by atoms with E-state index in [1.165, 1.54) is 0 Å². The third kappa shape index (κ3) is 4.19. The Morgan fingerprint density at radius 3 is 2.61 bits per heavy atom. The molecule has 0 atom stereocenters. The molecule has 4 nitrogen and oxygen atoms in total. The predicted molar refractivity (Wildman–Crippen MR) is 90.4 cm³/mol. The first-order valence-corrected chi connectivity index (χ1v) is 7.87. The fourth-order valence-electron chi connectivity index (χ4n) is 2.42. The van der Waals surface area contributed by atoms with E-state index in [4.69, 9.17) is 0 Å². The van der Waals surface area contributed by atoms with Crippen LogP contribution in [0.4, 0.5) is 5.69 Å². The zero-order chi connectivity index (χ0) is 16.2. The van der Waals surface area contributed by atoms with Gasteiger partial charge in [-0.25, -0.2) is 0 Å². The van der Waals surface area contributed by atoms with E-state index in [-0.39, 0.29) is 11.8 Å². The molecule has 0 heterocycles. The highest BCUT2D eigenvalue weighted by molar-refractivity contribution is 5.97. The van der Waals surface area contributed by atoms with Crippen LogP contribution in [0.15, 0.2) is 48.5 Å². The standard InChI is InChI=1S/C19H20N2O2/c1-13-5-2-3-6-14(13)12-18(22)20-17-8-4-7-15(11-17)19(23)21-16-9-10-16/h2-8,11,16H,9-10,12H2,1H3,(H,20,22)(H,21,23). The Bertz CT molecular complexity index is 736. The molecule has 0 spiro atoms. The van der Waals surface area contributed by atoms with Crippen molar-refractivity contribution in [3.05, 3.63) is 65.2 Å². The van der Waals surface area contributed by atoms with E-state index < -0.39 is 0 Å². The van der Waals surface area contributed by atoms with Gasteiger partial charge in [0.2, 0.25) is 5.91 Å². The number of carbonyl (C=O) groups is 2. The lowest BCUT2D eigenvalue weighted by Crippen LogP contribution is -2.25. The summed E-state index contributed by atoms with van der Waals surface area (Å²) in [7, 11) is 0. The van der Waals surface area contributed by atoms with Gasteiger partial charge in [-0.1, -0.05) is 30.3 Å². The van der Waals surface area contributed by atoms with E-state index in [2.05, 4.69) is 10.6 Å². The van der Waals surface area contributed by atoms with E-state index in [9.17, 15) is 9.59 Å². The molecule has 0 aromatic heterocycles. The first-order chi connectivity index (χ1) is 11.1. The summed E-state index contributed by atoms with van der Waals surface area (Å²) >= 11 is 0. The van der Waals surface area contributed by atoms with E-state index in [1.54, 1.807) is 24.3 Å². The highest BCUT2D eigenvalue weighted by Gasteiger charge is 2.23. The van der Waals surface area contributed by atoms with Gasteiger partial charge in [-0.3, -0.25) is 9.59 Å². The molecule has 0 unspecified atom stereocenters. The number of nitrogens with one attached hydrogen (secondary N) is 2. The summed E-state index contributed by atoms with van der Waals surface area (Å²) in [5.74, 6) is -0.165. The van der Waals surface area contributed by atoms with Crippen LogP contribution in [-0.4, -0.2) is 17.9 Å². The molecule has 4 heteroatoms. The quantitative estimate of drug-likeness (QED) is 0.892. The van der Waals surface area contributed by atoms with E-state index in [0.29, 0.717) is 23.7 Å². The molecule has 1 fully saturated rings. The van der Waals surface area contributed by atoms with Gasteiger partial charge in [-0.15, -0.1) is 0 Å². The van der Waals surface area contributed by atoms with Gasteiger partial charge < -0.3 is 10.6 Å². The van der Waals surface area contributed by atoms with Crippen molar-refractivity contribution in [3.63, 3.8) is 0 Å². The van der Waals surface area contributed by atoms with Crippen LogP contribution in [0.3, 0.4) is 0 Å². The fraction of sp³-hybridized carbons (Fsp3) is 0.263. The molecule has 2 aromatic rings. The van der Waals surface area contributed by atoms with Gasteiger partial charge in [0.15, 0.2) is 0 Å². The first kappa shape index (κ1) is 15.3. The van der Waals surface area contributed by atoms with Crippen LogP contribution in [0.1, 0.15) is 34.3 Å². The number of rotatable bonds is 5. The number of amides is 2. The molecule has 0 radical (unpaired) electrons. The third-order valence-corrected chi connectivity index (χ3v) is 3.93. The van der Waals surface area contributed by atoms with Crippen molar-refractivity contribution in [1.82, 2.24) is 5.32 Å². The maximum atomic E-state index is 12.2. The minimum Gasteiger partial charge on any atom is -0.349 e. The normalized spacial score (nSPS) is 13.4. The maximum Gasteiger partial charge on any atom is 0.251 e. The van der Waals surface area contributed by atoms with Gasteiger partial charge >= 0.3 is 0 Å². The lowest BCUT2D eigenvalue weighted by atomic mass is 10.1. The van der Waals surface area contributed by atoms with Crippen molar-refractivity contribution in [2.75, 3.05) is 5.32 Å². The molecule has 2 amide bonds. The molecule has 3 rings (SSSR count). The zero-order valence-corrected chi connectivity index (χ0v) is 13.1. The molecule has 118 valence electrons. The molecule has 1 saturated carbocycles. The predicted octanol–water partition coefficient (Wildman–Crippen LogP) is 3.07. The molecule has 0 saturated heterocycles. The van der Waals surface area contributed by atoms with Gasteiger partial charge in [0.05, 0.1) is 6.42 Å². The number of hydrogen-bond donors (Lipinski definition) is 2. The van der Waals surface area contributed by atoms with Crippen molar-refractivity contribution in [1.29, 1.82) is 0 Å². The second kappa shape index (κ2) is 6.65. The van der Waals surface area contributed by atoms with Gasteiger partial charge in [-0.2, -0.15) is 0 Å². The lowest BCUT2D eigenvalue weighted by Gasteiger charge is -2.09. The second-order valence-corrected chi connectivity index (χ2v) is 5.98. The molecule has 23 heavy (non-hydrogen) atoms. The average Bonchev–Trinajstić information content (AvgIpc) is 3.34. The van der Waals surface area contributed by atoms with Gasteiger partial charge in [0.1, 0.15) is 0 Å². The molecule has 0 bridgehead atoms. The molecular formula is C19H20N2O2. The van der Waals surface area contributed by atoms with Crippen LogP contribution in [-0.2, 0) is 11.2 Å². The Morgan fingerprint density at radius 2 is 1.87 bits per heavy atom. The van der Waals surface area contributed by atoms with Crippen LogP contribution in [0.2, 0.25) is 0 Å². The van der Waals surface area contributed by atoms with Gasteiger partial charge in [0.25, 0.3) is 5.91 Å². The Hall–Kier alpha value is -2.62. The van der Waals surface area contributed by atoms with Crippen molar-refractivity contribution < 1.29 is 9.59 Å². The lowest BCUT2D eigenvalue weighted by molar-refractivity contribution is -0.115. The van der Waals surface area contributed by atoms with Crippen molar-refractivity contribution >= 4 is 17.5 Å². The Morgan fingerprint density at radius 1 is 1.09 bits per heavy atom. The summed E-state index contributed by atoms with van der Waals surface area (Å²) in [4.78, 5) is 24.2. The van der Waals surface area contributed by atoms with E-state index in [1.807, 2.05) is 31.2 Å². The summed E-state index contributed by atoms with van der Waals surface area (Å²) in [6, 6.07) is 15.2. The minimum absolute atomic E-state index is 0.0810. The SMILES string of the molecule is Cc1ccccc1CC(=O)Nc1cccc(C(=O)NC2CC2)c1. The number of hydrogen-bond acceptors (Lipinski definition) is 2. The summed E-state index contributed by atoms with van der Waals surface area (Å²) in [6.45, 7) is 1.99. The minimum atomic E-state index is -0.0842. The Balaban J connectivity index is 1.64. The van der Waals surface area contributed by atoms with Gasteiger partial charge in [-0.05, 0) is 49.1 Å². The van der Waals surface area contributed by atoms with Crippen LogP contribution in [0.5, 0.6) is 0 Å². The largest absolute Gasteiger partial charge is 0.349 e. The Labute approximate surface area is 135 Å². The Kier molecular flexibility index (Phi) is 4.42. The zero-order valence-electron chi connectivity index (χ0n) is 13.1. The number of carbonyl (C=O) groups excluding carboxylic acids is 2. The summed E-state index contributed by atoms with van der Waals surface area (Å²) in [5.41, 5.74) is 3.32. The monoisotopic (exact) mass is 308 g/mol. The number of aryl methyl sites for hydroxylation is 1. The highest BCUT2D eigenvalue weighted by Crippen LogP contribution is 2.20. The van der Waals surface area contributed by atoms with Crippen molar-refractivity contribution in [3.8, 4) is 0 Å². The molecule has 1 aliphatic rings. The summed E-state index contributed by atoms with van der Waals surface area (Å²) in [6.07, 6.45) is 2.43. The molecule has 2 aromatic carbocycles. The van der Waals surface area contributed by atoms with Crippen molar-refractivity contribution in [2.45, 2.75) is 32.2 Å². The molecule has 1 aliphatic carbocycles. The van der Waals surface area contributed by atoms with E-state index >= 15 is 0 Å². The highest BCUT2D eigenvalue weighted by atomic mass is 16.2.